The van der Waals surface area contributed by atoms with Crippen LogP contribution in [0.2, 0.25) is 10.0 Å². The molecule has 0 fully saturated rings. The van der Waals surface area contributed by atoms with Gasteiger partial charge in [0.05, 0.1) is 21.2 Å². The van der Waals surface area contributed by atoms with E-state index >= 15 is 0 Å². The van der Waals surface area contributed by atoms with Gasteiger partial charge in [-0.05, 0) is 48.0 Å². The minimum Gasteiger partial charge on any atom is -0.354 e. The van der Waals surface area contributed by atoms with Crippen LogP contribution in [0.15, 0.2) is 77.7 Å². The van der Waals surface area contributed by atoms with E-state index in [-0.39, 0.29) is 16.5 Å². The van der Waals surface area contributed by atoms with Gasteiger partial charge in [0.1, 0.15) is 6.54 Å². The van der Waals surface area contributed by atoms with Crippen molar-refractivity contribution < 1.29 is 26.4 Å². The highest BCUT2D eigenvalue weighted by Crippen LogP contribution is 2.37. The van der Waals surface area contributed by atoms with Crippen LogP contribution >= 0.6 is 35.0 Å². The van der Waals surface area contributed by atoms with Crippen molar-refractivity contribution in [2.75, 3.05) is 23.1 Å². The minimum absolute atomic E-state index is 0.190. The first-order valence-electron chi connectivity index (χ1n) is 10.5. The smallest absolute Gasteiger partial charge is 0.354 e. The van der Waals surface area contributed by atoms with E-state index in [0.717, 1.165) is 17.7 Å². The van der Waals surface area contributed by atoms with Crippen molar-refractivity contribution in [3.05, 3.63) is 94.0 Å². The van der Waals surface area contributed by atoms with Gasteiger partial charge in [0.2, 0.25) is 5.91 Å². The Morgan fingerprint density at radius 2 is 1.64 bits per heavy atom. The average molecular weight is 577 g/mol. The van der Waals surface area contributed by atoms with E-state index < -0.39 is 39.9 Å². The lowest BCUT2D eigenvalue weighted by Gasteiger charge is -2.25. The molecule has 12 heteroatoms. The molecule has 3 rings (SSSR count). The molecule has 192 valence electrons. The number of benzene rings is 3. The lowest BCUT2D eigenvalue weighted by molar-refractivity contribution is -0.137. The van der Waals surface area contributed by atoms with Crippen molar-refractivity contribution in [2.45, 2.75) is 16.8 Å². The van der Waals surface area contributed by atoms with E-state index in [9.17, 15) is 26.4 Å². The Morgan fingerprint density at radius 1 is 0.972 bits per heavy atom. The largest absolute Gasteiger partial charge is 0.416 e. The molecule has 0 saturated carbocycles. The number of carbonyl (C=O) groups is 1. The molecule has 3 aromatic rings. The topological polar surface area (TPSA) is 66.5 Å². The van der Waals surface area contributed by atoms with Gasteiger partial charge < -0.3 is 5.32 Å². The van der Waals surface area contributed by atoms with Crippen LogP contribution in [-0.4, -0.2) is 33.2 Å². The monoisotopic (exact) mass is 576 g/mol. The Balaban J connectivity index is 1.75. The number of thioether (sulfide) groups is 1. The standard InChI is InChI=1S/C24H21Cl2F3N2O3S2/c25-19-9-6-17(7-10-19)16-35-13-12-30-23(32)15-31(36(33,34)20-4-2-1-3-5-20)22-14-18(24(27,28)29)8-11-21(22)26/h1-11,14H,12-13,15-16H2,(H,30,32). The van der Waals surface area contributed by atoms with Crippen molar-refractivity contribution in [2.24, 2.45) is 0 Å². The average Bonchev–Trinajstić information content (AvgIpc) is 2.84. The van der Waals surface area contributed by atoms with E-state index in [0.29, 0.717) is 26.9 Å². The fourth-order valence-electron chi connectivity index (χ4n) is 3.12. The number of sulfonamides is 1. The summed E-state index contributed by atoms with van der Waals surface area (Å²) in [6.45, 7) is -0.521. The maximum absolute atomic E-state index is 13.3. The number of hydrogen-bond acceptors (Lipinski definition) is 4. The molecule has 1 amide bonds. The van der Waals surface area contributed by atoms with E-state index in [4.69, 9.17) is 23.2 Å². The number of nitrogens with zero attached hydrogens (tertiary/aromatic N) is 1. The molecule has 0 saturated heterocycles. The summed E-state index contributed by atoms with van der Waals surface area (Å²) in [7, 11) is -4.40. The fraction of sp³-hybridized carbons (Fsp3) is 0.208. The molecule has 0 aliphatic rings. The van der Waals surface area contributed by atoms with Crippen LogP contribution in [0.5, 0.6) is 0 Å². The summed E-state index contributed by atoms with van der Waals surface area (Å²) in [5.41, 5.74) is -0.480. The molecule has 0 atom stereocenters. The van der Waals surface area contributed by atoms with E-state index in [1.807, 2.05) is 12.1 Å². The van der Waals surface area contributed by atoms with Crippen molar-refractivity contribution >= 4 is 56.6 Å². The highest BCUT2D eigenvalue weighted by Gasteiger charge is 2.34. The molecule has 0 radical (unpaired) electrons. The molecule has 0 unspecified atom stereocenters. The normalized spacial score (nSPS) is 11.8. The Hall–Kier alpha value is -2.40. The van der Waals surface area contributed by atoms with Crippen molar-refractivity contribution in [1.82, 2.24) is 5.32 Å². The van der Waals surface area contributed by atoms with Crippen LogP contribution in [0, 0.1) is 0 Å². The second-order valence-electron chi connectivity index (χ2n) is 7.52. The molecule has 0 aliphatic heterocycles. The number of hydrogen-bond donors (Lipinski definition) is 1. The highest BCUT2D eigenvalue weighted by atomic mass is 35.5. The quantitative estimate of drug-likeness (QED) is 0.289. The molecule has 0 bridgehead atoms. The summed E-state index contributed by atoms with van der Waals surface area (Å²) in [4.78, 5) is 12.5. The molecule has 0 spiro atoms. The Morgan fingerprint density at radius 3 is 2.28 bits per heavy atom. The van der Waals surface area contributed by atoms with E-state index in [1.54, 1.807) is 30.0 Å². The summed E-state index contributed by atoms with van der Waals surface area (Å²) in [5.74, 6) is 0.529. The summed E-state index contributed by atoms with van der Waals surface area (Å²) in [6, 6.07) is 16.8. The molecule has 36 heavy (non-hydrogen) atoms. The van der Waals surface area contributed by atoms with Gasteiger partial charge in [0, 0.05) is 23.1 Å². The van der Waals surface area contributed by atoms with Crippen molar-refractivity contribution in [3.8, 4) is 0 Å². The van der Waals surface area contributed by atoms with Crippen LogP contribution < -0.4 is 9.62 Å². The fourth-order valence-corrected chi connectivity index (χ4v) is 5.79. The third kappa shape index (κ3) is 7.55. The Labute approximate surface area is 221 Å². The van der Waals surface area contributed by atoms with Crippen LogP contribution in [0.3, 0.4) is 0 Å². The van der Waals surface area contributed by atoms with Gasteiger partial charge in [-0.1, -0.05) is 53.5 Å². The highest BCUT2D eigenvalue weighted by molar-refractivity contribution is 7.98. The summed E-state index contributed by atoms with van der Waals surface area (Å²) >= 11 is 13.5. The number of nitrogens with one attached hydrogen (secondary N) is 1. The van der Waals surface area contributed by atoms with E-state index in [1.165, 1.54) is 24.3 Å². The second-order valence-corrected chi connectivity index (χ2v) is 11.3. The van der Waals surface area contributed by atoms with E-state index in [2.05, 4.69) is 5.32 Å². The predicted octanol–water partition coefficient (Wildman–Crippen LogP) is 6.26. The molecule has 5 nitrogen and oxygen atoms in total. The number of carbonyl (C=O) groups excluding carboxylic acids is 1. The minimum atomic E-state index is -4.73. The van der Waals surface area contributed by atoms with Gasteiger partial charge in [-0.3, -0.25) is 9.10 Å². The lowest BCUT2D eigenvalue weighted by atomic mass is 10.2. The molecule has 0 aromatic heterocycles. The lowest BCUT2D eigenvalue weighted by Crippen LogP contribution is -2.41. The van der Waals surface area contributed by atoms with Gasteiger partial charge >= 0.3 is 6.18 Å². The maximum Gasteiger partial charge on any atom is 0.416 e. The van der Waals surface area contributed by atoms with Crippen molar-refractivity contribution in [3.63, 3.8) is 0 Å². The first-order valence-corrected chi connectivity index (χ1v) is 13.9. The molecule has 0 aliphatic carbocycles. The predicted molar refractivity (Wildman–Crippen MR) is 138 cm³/mol. The number of halogens is 5. The molecular formula is C24H21Cl2F3N2O3S2. The van der Waals surface area contributed by atoms with Crippen LogP contribution in [0.4, 0.5) is 18.9 Å². The Bertz CT molecular complexity index is 1290. The number of amides is 1. The third-order valence-corrected chi connectivity index (χ3v) is 8.29. The number of anilines is 1. The summed E-state index contributed by atoms with van der Waals surface area (Å²) < 4.78 is 67.2. The molecule has 0 heterocycles. The first-order chi connectivity index (χ1) is 17.0. The third-order valence-electron chi connectivity index (χ3n) is 4.91. The van der Waals surface area contributed by atoms with Gasteiger partial charge in [0.15, 0.2) is 0 Å². The summed E-state index contributed by atoms with van der Waals surface area (Å²) in [5, 5.41) is 3.00. The van der Waals surface area contributed by atoms with Crippen LogP contribution in [0.1, 0.15) is 11.1 Å². The van der Waals surface area contributed by atoms with Gasteiger partial charge in [-0.15, -0.1) is 0 Å². The zero-order chi connectivity index (χ0) is 26.3. The molecule has 1 N–H and O–H groups in total. The SMILES string of the molecule is O=C(CN(c1cc(C(F)(F)F)ccc1Cl)S(=O)(=O)c1ccccc1)NCCSCc1ccc(Cl)cc1. The molecular weight excluding hydrogens is 556 g/mol. The van der Waals surface area contributed by atoms with Gasteiger partial charge in [-0.2, -0.15) is 24.9 Å². The van der Waals surface area contributed by atoms with Gasteiger partial charge in [-0.25, -0.2) is 8.42 Å². The Kier molecular flexibility index (Phi) is 9.57. The van der Waals surface area contributed by atoms with Gasteiger partial charge in [0.25, 0.3) is 10.0 Å². The zero-order valence-electron chi connectivity index (χ0n) is 18.6. The van der Waals surface area contributed by atoms with Crippen LogP contribution in [0.25, 0.3) is 0 Å². The number of rotatable bonds is 10. The summed E-state index contributed by atoms with van der Waals surface area (Å²) in [6.07, 6.45) is -4.73. The van der Waals surface area contributed by atoms with Crippen LogP contribution in [-0.2, 0) is 26.7 Å². The zero-order valence-corrected chi connectivity index (χ0v) is 21.8. The molecule has 3 aromatic carbocycles. The first kappa shape index (κ1) is 28.2. The van der Waals surface area contributed by atoms with Crippen molar-refractivity contribution in [1.29, 1.82) is 0 Å². The second kappa shape index (κ2) is 12.2. The maximum atomic E-state index is 13.3. The number of alkyl halides is 3.